The molecule has 1 aliphatic heterocycles. The second kappa shape index (κ2) is 4.02. The molecule has 0 radical (unpaired) electrons. The Kier molecular flexibility index (Phi) is 3.12. The van der Waals surface area contributed by atoms with Gasteiger partial charge < -0.3 is 4.90 Å². The van der Waals surface area contributed by atoms with E-state index in [-0.39, 0.29) is 5.91 Å². The SMILES string of the molecule is CN1CCN(NC(=O)C2(C)CC2(Cl)Cl)CC1. The topological polar surface area (TPSA) is 35.6 Å². The molecule has 4 nitrogen and oxygen atoms in total. The normalized spacial score (nSPS) is 34.8. The van der Waals surface area contributed by atoms with Crippen molar-refractivity contribution in [1.82, 2.24) is 15.3 Å². The van der Waals surface area contributed by atoms with E-state index in [1.807, 2.05) is 5.01 Å². The third-order valence-electron chi connectivity index (χ3n) is 3.52. The minimum atomic E-state index is -0.885. The van der Waals surface area contributed by atoms with Crippen molar-refractivity contribution in [3.63, 3.8) is 0 Å². The third-order valence-corrected chi connectivity index (χ3v) is 4.62. The van der Waals surface area contributed by atoms with E-state index in [9.17, 15) is 4.79 Å². The fourth-order valence-corrected chi connectivity index (χ4v) is 2.54. The van der Waals surface area contributed by atoms with Crippen LogP contribution in [0.5, 0.6) is 0 Å². The molecule has 16 heavy (non-hydrogen) atoms. The molecule has 6 heteroatoms. The molecular weight excluding hydrogens is 249 g/mol. The van der Waals surface area contributed by atoms with Crippen LogP contribution in [0, 0.1) is 5.41 Å². The van der Waals surface area contributed by atoms with E-state index >= 15 is 0 Å². The van der Waals surface area contributed by atoms with Gasteiger partial charge in [-0.3, -0.25) is 10.2 Å². The molecule has 2 aliphatic rings. The van der Waals surface area contributed by atoms with Gasteiger partial charge in [0.25, 0.3) is 0 Å². The zero-order valence-corrected chi connectivity index (χ0v) is 11.1. The number of carbonyl (C=O) groups excluding carboxylic acids is 1. The van der Waals surface area contributed by atoms with Crippen LogP contribution in [0.25, 0.3) is 0 Å². The zero-order chi connectivity index (χ0) is 12.0. The monoisotopic (exact) mass is 265 g/mol. The average Bonchev–Trinajstić information content (AvgIpc) is 2.71. The number of halogens is 2. The standard InChI is InChI=1S/C10H17Cl2N3O/c1-9(7-10(9,11)12)8(16)13-15-5-3-14(2)4-6-15/h3-7H2,1-2H3,(H,13,16). The third kappa shape index (κ3) is 2.16. The molecule has 1 saturated heterocycles. The van der Waals surface area contributed by atoms with Crippen LogP contribution < -0.4 is 5.43 Å². The van der Waals surface area contributed by atoms with Crippen molar-refractivity contribution < 1.29 is 4.79 Å². The van der Waals surface area contributed by atoms with Crippen LogP contribution in [-0.2, 0) is 4.79 Å². The van der Waals surface area contributed by atoms with Gasteiger partial charge in [-0.2, -0.15) is 0 Å². The van der Waals surface area contributed by atoms with Crippen molar-refractivity contribution in [2.75, 3.05) is 33.2 Å². The van der Waals surface area contributed by atoms with Gasteiger partial charge in [0.2, 0.25) is 5.91 Å². The quantitative estimate of drug-likeness (QED) is 0.753. The van der Waals surface area contributed by atoms with Crippen molar-refractivity contribution in [2.24, 2.45) is 5.41 Å². The average molecular weight is 266 g/mol. The molecule has 2 fully saturated rings. The van der Waals surface area contributed by atoms with Crippen LogP contribution in [0.2, 0.25) is 0 Å². The lowest BCUT2D eigenvalue weighted by Crippen LogP contribution is -2.54. The number of hydrogen-bond acceptors (Lipinski definition) is 3. The van der Waals surface area contributed by atoms with Crippen LogP contribution in [0.1, 0.15) is 13.3 Å². The van der Waals surface area contributed by atoms with Crippen LogP contribution in [0.4, 0.5) is 0 Å². The van der Waals surface area contributed by atoms with Crippen molar-refractivity contribution >= 4 is 29.1 Å². The summed E-state index contributed by atoms with van der Waals surface area (Å²) in [5.41, 5.74) is 2.27. The van der Waals surface area contributed by atoms with Crippen LogP contribution in [0.15, 0.2) is 0 Å². The molecular formula is C10H17Cl2N3O. The molecule has 1 saturated carbocycles. The summed E-state index contributed by atoms with van der Waals surface area (Å²) < 4.78 is -0.885. The molecule has 0 spiro atoms. The largest absolute Gasteiger partial charge is 0.304 e. The lowest BCUT2D eigenvalue weighted by molar-refractivity contribution is -0.131. The molecule has 1 N–H and O–H groups in total. The van der Waals surface area contributed by atoms with E-state index in [4.69, 9.17) is 23.2 Å². The maximum atomic E-state index is 12.0. The van der Waals surface area contributed by atoms with Gasteiger partial charge in [0.05, 0.1) is 5.41 Å². The Balaban J connectivity index is 1.85. The van der Waals surface area contributed by atoms with Gasteiger partial charge in [-0.15, -0.1) is 23.2 Å². The van der Waals surface area contributed by atoms with Gasteiger partial charge in [0, 0.05) is 26.2 Å². The number of piperazine rings is 1. The number of carbonyl (C=O) groups is 1. The number of likely N-dealkylation sites (N-methyl/N-ethyl adjacent to an activating group) is 1. The first kappa shape index (κ1) is 12.4. The Morgan fingerprint density at radius 3 is 2.19 bits per heavy atom. The molecule has 0 aromatic rings. The maximum Gasteiger partial charge on any atom is 0.243 e. The van der Waals surface area contributed by atoms with Gasteiger partial charge in [-0.1, -0.05) is 0 Å². The molecule has 1 atom stereocenters. The zero-order valence-electron chi connectivity index (χ0n) is 9.59. The Morgan fingerprint density at radius 1 is 1.25 bits per heavy atom. The van der Waals surface area contributed by atoms with Crippen molar-refractivity contribution in [1.29, 1.82) is 0 Å². The van der Waals surface area contributed by atoms with Gasteiger partial charge >= 0.3 is 0 Å². The lowest BCUT2D eigenvalue weighted by atomic mass is 10.1. The number of rotatable bonds is 2. The highest BCUT2D eigenvalue weighted by Gasteiger charge is 2.68. The summed E-state index contributed by atoms with van der Waals surface area (Å²) in [7, 11) is 2.07. The van der Waals surface area contributed by atoms with E-state index in [2.05, 4.69) is 17.4 Å². The van der Waals surface area contributed by atoms with Crippen molar-refractivity contribution in [3.05, 3.63) is 0 Å². The summed E-state index contributed by atoms with van der Waals surface area (Å²) in [6, 6.07) is 0. The van der Waals surface area contributed by atoms with Gasteiger partial charge in [-0.25, -0.2) is 5.01 Å². The summed E-state index contributed by atoms with van der Waals surface area (Å²) in [4.78, 5) is 14.2. The Morgan fingerprint density at radius 2 is 1.75 bits per heavy atom. The highest BCUT2D eigenvalue weighted by molar-refractivity contribution is 6.53. The number of hydrogen-bond donors (Lipinski definition) is 1. The summed E-state index contributed by atoms with van der Waals surface area (Å²) in [5, 5.41) is 1.94. The first-order valence-electron chi connectivity index (χ1n) is 5.47. The molecule has 1 unspecified atom stereocenters. The second-order valence-electron chi connectivity index (χ2n) is 4.94. The van der Waals surface area contributed by atoms with Crippen molar-refractivity contribution in [2.45, 2.75) is 17.7 Å². The maximum absolute atomic E-state index is 12.0. The highest BCUT2D eigenvalue weighted by atomic mass is 35.5. The minimum Gasteiger partial charge on any atom is -0.304 e. The number of hydrazine groups is 1. The fraction of sp³-hybridized carbons (Fsp3) is 0.900. The van der Waals surface area contributed by atoms with Gasteiger partial charge in [-0.05, 0) is 20.4 Å². The van der Waals surface area contributed by atoms with Gasteiger partial charge in [0.15, 0.2) is 0 Å². The molecule has 0 bridgehead atoms. The summed E-state index contributed by atoms with van der Waals surface area (Å²) in [5.74, 6) is -0.0675. The van der Waals surface area contributed by atoms with E-state index in [1.165, 1.54) is 0 Å². The van der Waals surface area contributed by atoms with Crippen LogP contribution in [0.3, 0.4) is 0 Å². The van der Waals surface area contributed by atoms with E-state index in [0.717, 1.165) is 26.2 Å². The Labute approximate surface area is 106 Å². The lowest BCUT2D eigenvalue weighted by Gasteiger charge is -2.33. The second-order valence-corrected chi connectivity index (χ2v) is 6.43. The molecule has 1 aliphatic carbocycles. The Hall–Kier alpha value is -0.0300. The number of alkyl halides is 2. The number of nitrogens with zero attached hydrogens (tertiary/aromatic N) is 2. The van der Waals surface area contributed by atoms with E-state index in [1.54, 1.807) is 6.92 Å². The molecule has 1 heterocycles. The molecule has 92 valence electrons. The predicted molar refractivity (Wildman–Crippen MR) is 64.4 cm³/mol. The Bertz CT molecular complexity index is 302. The van der Waals surface area contributed by atoms with Gasteiger partial charge in [0.1, 0.15) is 4.33 Å². The molecule has 0 aromatic carbocycles. The number of amides is 1. The molecule has 0 aromatic heterocycles. The first-order valence-corrected chi connectivity index (χ1v) is 6.23. The van der Waals surface area contributed by atoms with E-state index < -0.39 is 9.75 Å². The highest BCUT2D eigenvalue weighted by Crippen LogP contribution is 2.63. The summed E-state index contributed by atoms with van der Waals surface area (Å²) in [6.07, 6.45) is 0.530. The fourth-order valence-electron chi connectivity index (χ4n) is 1.83. The van der Waals surface area contributed by atoms with Crippen LogP contribution >= 0.6 is 23.2 Å². The summed E-state index contributed by atoms with van der Waals surface area (Å²) in [6.45, 7) is 5.41. The molecule has 2 rings (SSSR count). The number of nitrogens with one attached hydrogen (secondary N) is 1. The molecule has 1 amide bonds. The van der Waals surface area contributed by atoms with Crippen LogP contribution in [-0.4, -0.2) is 53.4 Å². The predicted octanol–water partition coefficient (Wildman–Crippen LogP) is 0.849. The van der Waals surface area contributed by atoms with E-state index in [0.29, 0.717) is 6.42 Å². The summed E-state index contributed by atoms with van der Waals surface area (Å²) >= 11 is 11.9. The first-order chi connectivity index (χ1) is 7.35. The minimum absolute atomic E-state index is 0.0675. The smallest absolute Gasteiger partial charge is 0.243 e. The van der Waals surface area contributed by atoms with Crippen molar-refractivity contribution in [3.8, 4) is 0 Å².